The van der Waals surface area contributed by atoms with Crippen molar-refractivity contribution in [2.24, 2.45) is 0 Å². The van der Waals surface area contributed by atoms with Crippen LogP contribution in [0.2, 0.25) is 0 Å². The summed E-state index contributed by atoms with van der Waals surface area (Å²) in [7, 11) is 0. The summed E-state index contributed by atoms with van der Waals surface area (Å²) in [5.74, 6) is -0.194. The van der Waals surface area contributed by atoms with E-state index in [2.05, 4.69) is 31.3 Å². The van der Waals surface area contributed by atoms with Gasteiger partial charge in [-0.1, -0.05) is 102 Å². The molecule has 1 saturated heterocycles. The minimum atomic E-state index is -1.56. The molecule has 0 saturated carbocycles. The standard InChI is InChI=1S/C34H63NO8/c1-3-5-7-9-11-13-14-15-16-18-20-22-24-30(38)35-27(28(37)23-21-19-17-12-10-8-6-4-2)26-42-34-33(41)32(40)31(39)29(25-36)43-34/h11,13,21,23,27-29,31-34,36-37,39-41H,3-10,12,14-20,22,24-26H2,1-2H3,(H,35,38)/b13-11-,23-21+. The number of aliphatic hydroxyl groups is 5. The number of carbonyl (C=O) groups is 1. The molecule has 1 amide bonds. The Morgan fingerprint density at radius 2 is 1.30 bits per heavy atom. The van der Waals surface area contributed by atoms with Crippen LogP contribution in [0.1, 0.15) is 129 Å². The van der Waals surface area contributed by atoms with Crippen LogP contribution in [0.25, 0.3) is 0 Å². The maximum Gasteiger partial charge on any atom is 0.220 e. The first-order chi connectivity index (χ1) is 20.8. The summed E-state index contributed by atoms with van der Waals surface area (Å²) in [6, 6.07) is -0.801. The third kappa shape index (κ3) is 18.3. The van der Waals surface area contributed by atoms with E-state index in [1.807, 2.05) is 6.08 Å². The molecule has 1 rings (SSSR count). The molecule has 0 spiro atoms. The monoisotopic (exact) mass is 613 g/mol. The molecule has 0 bridgehead atoms. The highest BCUT2D eigenvalue weighted by atomic mass is 16.7. The maximum absolute atomic E-state index is 12.8. The van der Waals surface area contributed by atoms with Crippen LogP contribution < -0.4 is 5.32 Å². The van der Waals surface area contributed by atoms with Gasteiger partial charge >= 0.3 is 0 Å². The quantitative estimate of drug-likeness (QED) is 0.0601. The molecule has 43 heavy (non-hydrogen) atoms. The lowest BCUT2D eigenvalue weighted by Crippen LogP contribution is -2.60. The number of hydrogen-bond acceptors (Lipinski definition) is 8. The Labute approximate surface area is 260 Å². The van der Waals surface area contributed by atoms with E-state index in [9.17, 15) is 30.3 Å². The summed E-state index contributed by atoms with van der Waals surface area (Å²) >= 11 is 0. The number of unbranched alkanes of at least 4 members (excludes halogenated alkanes) is 14. The predicted octanol–water partition coefficient (Wildman–Crippen LogP) is 4.82. The van der Waals surface area contributed by atoms with Crippen molar-refractivity contribution in [1.29, 1.82) is 0 Å². The van der Waals surface area contributed by atoms with Crippen molar-refractivity contribution in [3.63, 3.8) is 0 Å². The molecule has 1 aliphatic rings. The second-order valence-corrected chi connectivity index (χ2v) is 12.0. The molecule has 9 heteroatoms. The van der Waals surface area contributed by atoms with Gasteiger partial charge in [-0.2, -0.15) is 0 Å². The lowest BCUT2D eigenvalue weighted by molar-refractivity contribution is -0.302. The van der Waals surface area contributed by atoms with Crippen LogP contribution in [-0.2, 0) is 14.3 Å². The number of ether oxygens (including phenoxy) is 2. The van der Waals surface area contributed by atoms with Crippen molar-refractivity contribution in [1.82, 2.24) is 5.32 Å². The van der Waals surface area contributed by atoms with E-state index in [0.29, 0.717) is 6.42 Å². The summed E-state index contributed by atoms with van der Waals surface area (Å²) < 4.78 is 11.1. The molecule has 0 aliphatic carbocycles. The molecular formula is C34H63NO8. The molecule has 1 aliphatic heterocycles. The Balaban J connectivity index is 2.51. The molecule has 1 heterocycles. The van der Waals surface area contributed by atoms with Crippen molar-refractivity contribution in [3.8, 4) is 0 Å². The topological polar surface area (TPSA) is 149 Å². The number of amides is 1. The number of allylic oxidation sites excluding steroid dienone is 3. The average Bonchev–Trinajstić information content (AvgIpc) is 3.00. The highest BCUT2D eigenvalue weighted by Crippen LogP contribution is 2.22. The van der Waals surface area contributed by atoms with Gasteiger partial charge in [-0.3, -0.25) is 4.79 Å². The molecule has 7 atom stereocenters. The van der Waals surface area contributed by atoms with Gasteiger partial charge < -0.3 is 40.3 Å². The van der Waals surface area contributed by atoms with Gasteiger partial charge in [0.05, 0.1) is 25.4 Å². The highest BCUT2D eigenvalue weighted by molar-refractivity contribution is 5.76. The van der Waals surface area contributed by atoms with E-state index in [0.717, 1.165) is 57.8 Å². The number of carbonyl (C=O) groups excluding carboxylic acids is 1. The summed E-state index contributed by atoms with van der Waals surface area (Å²) in [4.78, 5) is 12.8. The Morgan fingerprint density at radius 1 is 0.767 bits per heavy atom. The van der Waals surface area contributed by atoms with Gasteiger partial charge in [0.25, 0.3) is 0 Å². The lowest BCUT2D eigenvalue weighted by atomic mass is 9.99. The fraction of sp³-hybridized carbons (Fsp3) is 0.853. The number of aliphatic hydroxyl groups excluding tert-OH is 5. The van der Waals surface area contributed by atoms with Gasteiger partial charge in [0, 0.05) is 6.42 Å². The zero-order valence-corrected chi connectivity index (χ0v) is 27.0. The zero-order chi connectivity index (χ0) is 31.7. The van der Waals surface area contributed by atoms with E-state index < -0.39 is 49.5 Å². The second kappa shape index (κ2) is 25.9. The van der Waals surface area contributed by atoms with E-state index in [4.69, 9.17) is 9.47 Å². The molecule has 0 radical (unpaired) electrons. The highest BCUT2D eigenvalue weighted by Gasteiger charge is 2.44. The van der Waals surface area contributed by atoms with Crippen molar-refractivity contribution in [2.75, 3.05) is 13.2 Å². The number of hydrogen-bond donors (Lipinski definition) is 6. The van der Waals surface area contributed by atoms with Crippen LogP contribution in [0, 0.1) is 0 Å². The van der Waals surface area contributed by atoms with Gasteiger partial charge in [-0.25, -0.2) is 0 Å². The fourth-order valence-electron chi connectivity index (χ4n) is 5.15. The number of rotatable bonds is 26. The van der Waals surface area contributed by atoms with E-state index in [-0.39, 0.29) is 12.5 Å². The van der Waals surface area contributed by atoms with Gasteiger partial charge in [-0.15, -0.1) is 0 Å². The third-order valence-corrected chi connectivity index (χ3v) is 8.02. The molecule has 1 fully saturated rings. The Kier molecular flexibility index (Phi) is 23.9. The largest absolute Gasteiger partial charge is 0.394 e. The first-order valence-corrected chi connectivity index (χ1v) is 17.1. The fourth-order valence-corrected chi connectivity index (χ4v) is 5.15. The minimum absolute atomic E-state index is 0.192. The van der Waals surface area contributed by atoms with Crippen LogP contribution in [-0.4, -0.2) is 87.5 Å². The first-order valence-electron chi connectivity index (χ1n) is 17.1. The Morgan fingerprint density at radius 3 is 1.93 bits per heavy atom. The predicted molar refractivity (Wildman–Crippen MR) is 170 cm³/mol. The molecular weight excluding hydrogens is 550 g/mol. The Bertz CT molecular complexity index is 731. The number of nitrogens with one attached hydrogen (secondary N) is 1. The van der Waals surface area contributed by atoms with Gasteiger partial charge in [0.2, 0.25) is 5.91 Å². The van der Waals surface area contributed by atoms with Gasteiger partial charge in [0.1, 0.15) is 24.4 Å². The molecule has 0 aromatic heterocycles. The summed E-state index contributed by atoms with van der Waals surface area (Å²) in [6.45, 7) is 3.65. The molecule has 6 N–H and O–H groups in total. The van der Waals surface area contributed by atoms with Crippen molar-refractivity contribution >= 4 is 5.91 Å². The van der Waals surface area contributed by atoms with Crippen LogP contribution >= 0.6 is 0 Å². The summed E-state index contributed by atoms with van der Waals surface area (Å²) in [6.07, 6.45) is 19.5. The van der Waals surface area contributed by atoms with Crippen LogP contribution in [0.15, 0.2) is 24.3 Å². The average molecular weight is 614 g/mol. The molecule has 9 nitrogen and oxygen atoms in total. The first kappa shape index (κ1) is 39.7. The SMILES string of the molecule is CCCCC/C=C\CCCCCCCC(=O)NC(COC1OC(CO)C(O)C(O)C1O)C(O)/C=C/CCCCCCCC. The van der Waals surface area contributed by atoms with E-state index >= 15 is 0 Å². The summed E-state index contributed by atoms with van der Waals surface area (Å²) in [5, 5.41) is 53.5. The van der Waals surface area contributed by atoms with Crippen molar-refractivity contribution in [3.05, 3.63) is 24.3 Å². The van der Waals surface area contributed by atoms with Crippen LogP contribution in [0.4, 0.5) is 0 Å². The molecule has 252 valence electrons. The van der Waals surface area contributed by atoms with E-state index in [1.165, 1.54) is 51.4 Å². The molecule has 7 unspecified atom stereocenters. The molecule has 0 aromatic carbocycles. The smallest absolute Gasteiger partial charge is 0.220 e. The van der Waals surface area contributed by atoms with Crippen LogP contribution in [0.3, 0.4) is 0 Å². The summed E-state index contributed by atoms with van der Waals surface area (Å²) in [5.41, 5.74) is 0. The normalized spacial score (nSPS) is 24.1. The second-order valence-electron chi connectivity index (χ2n) is 12.0. The van der Waals surface area contributed by atoms with E-state index in [1.54, 1.807) is 6.08 Å². The maximum atomic E-state index is 12.8. The minimum Gasteiger partial charge on any atom is -0.394 e. The molecule has 0 aromatic rings. The van der Waals surface area contributed by atoms with Gasteiger partial charge in [0.15, 0.2) is 6.29 Å². The van der Waals surface area contributed by atoms with Crippen molar-refractivity contribution in [2.45, 2.75) is 172 Å². The zero-order valence-electron chi connectivity index (χ0n) is 27.0. The third-order valence-electron chi connectivity index (χ3n) is 8.02. The Hall–Kier alpha value is -1.33. The lowest BCUT2D eigenvalue weighted by Gasteiger charge is -2.40. The van der Waals surface area contributed by atoms with Gasteiger partial charge in [-0.05, 0) is 44.9 Å². The van der Waals surface area contributed by atoms with Crippen LogP contribution in [0.5, 0.6) is 0 Å². The van der Waals surface area contributed by atoms with Crippen molar-refractivity contribution < 1.29 is 39.8 Å².